The Morgan fingerprint density at radius 1 is 1.06 bits per heavy atom. The number of amides is 3. The molecule has 0 spiro atoms. The SMILES string of the molecule is COc1cccc(N2CCN(CC(=O)N3CCNC(=O)[C@@H]3CC(=O)Nc3cccc(C)c3)CC2)c1. The molecule has 1 atom stereocenters. The van der Waals surface area contributed by atoms with Crippen LogP contribution in [0.2, 0.25) is 0 Å². The maximum absolute atomic E-state index is 13.2. The number of aryl methyl sites for hydroxylation is 1. The van der Waals surface area contributed by atoms with Gasteiger partial charge in [0.1, 0.15) is 11.8 Å². The van der Waals surface area contributed by atoms with Crippen molar-refractivity contribution in [2.45, 2.75) is 19.4 Å². The smallest absolute Gasteiger partial charge is 0.243 e. The van der Waals surface area contributed by atoms with E-state index in [4.69, 9.17) is 4.74 Å². The van der Waals surface area contributed by atoms with Crippen LogP contribution >= 0.6 is 0 Å². The second-order valence-corrected chi connectivity index (χ2v) is 8.98. The molecule has 2 saturated heterocycles. The van der Waals surface area contributed by atoms with Gasteiger partial charge in [0, 0.05) is 56.7 Å². The topological polar surface area (TPSA) is 94.2 Å². The third-order valence-electron chi connectivity index (χ3n) is 6.48. The highest BCUT2D eigenvalue weighted by Crippen LogP contribution is 2.22. The van der Waals surface area contributed by atoms with E-state index in [0.717, 1.165) is 43.2 Å². The number of rotatable bonds is 7. The Kier molecular flexibility index (Phi) is 7.87. The molecule has 2 aromatic rings. The van der Waals surface area contributed by atoms with E-state index in [9.17, 15) is 14.4 Å². The van der Waals surface area contributed by atoms with E-state index < -0.39 is 6.04 Å². The van der Waals surface area contributed by atoms with Gasteiger partial charge in [0.05, 0.1) is 20.1 Å². The Bertz CT molecular complexity index is 1070. The summed E-state index contributed by atoms with van der Waals surface area (Å²) in [6, 6.07) is 14.6. The zero-order valence-electron chi connectivity index (χ0n) is 20.3. The molecule has 9 nitrogen and oxygen atoms in total. The van der Waals surface area contributed by atoms with Crippen molar-refractivity contribution < 1.29 is 19.1 Å². The number of carbonyl (C=O) groups excluding carboxylic acids is 3. The van der Waals surface area contributed by atoms with Crippen molar-refractivity contribution in [3.8, 4) is 5.75 Å². The van der Waals surface area contributed by atoms with Gasteiger partial charge < -0.3 is 25.2 Å². The molecule has 0 aliphatic carbocycles. The summed E-state index contributed by atoms with van der Waals surface area (Å²) >= 11 is 0. The van der Waals surface area contributed by atoms with Crippen molar-refractivity contribution in [3.05, 3.63) is 54.1 Å². The third kappa shape index (κ3) is 6.30. The molecule has 0 saturated carbocycles. The molecule has 186 valence electrons. The first-order chi connectivity index (χ1) is 16.9. The zero-order chi connectivity index (χ0) is 24.8. The quantitative estimate of drug-likeness (QED) is 0.625. The number of piperazine rings is 2. The highest BCUT2D eigenvalue weighted by atomic mass is 16.5. The Labute approximate surface area is 206 Å². The van der Waals surface area contributed by atoms with Crippen LogP contribution in [-0.4, -0.2) is 86.5 Å². The van der Waals surface area contributed by atoms with Gasteiger partial charge in [-0.1, -0.05) is 18.2 Å². The molecule has 2 aromatic carbocycles. The summed E-state index contributed by atoms with van der Waals surface area (Å²) in [6.45, 7) is 6.03. The maximum Gasteiger partial charge on any atom is 0.243 e. The van der Waals surface area contributed by atoms with E-state index >= 15 is 0 Å². The first-order valence-electron chi connectivity index (χ1n) is 12.0. The number of carbonyl (C=O) groups is 3. The number of hydrogen-bond donors (Lipinski definition) is 2. The van der Waals surface area contributed by atoms with E-state index in [1.807, 2.05) is 43.3 Å². The van der Waals surface area contributed by atoms with Crippen LogP contribution in [0.3, 0.4) is 0 Å². The number of benzene rings is 2. The number of anilines is 2. The van der Waals surface area contributed by atoms with Crippen LogP contribution in [0, 0.1) is 6.92 Å². The van der Waals surface area contributed by atoms with E-state index in [-0.39, 0.29) is 30.7 Å². The van der Waals surface area contributed by atoms with Gasteiger partial charge in [-0.3, -0.25) is 19.3 Å². The average Bonchev–Trinajstić information content (AvgIpc) is 2.85. The normalized spacial score (nSPS) is 18.7. The van der Waals surface area contributed by atoms with E-state index in [1.54, 1.807) is 18.1 Å². The molecule has 0 aromatic heterocycles. The minimum absolute atomic E-state index is 0.0743. The fourth-order valence-corrected chi connectivity index (χ4v) is 4.58. The molecule has 2 N–H and O–H groups in total. The van der Waals surface area contributed by atoms with Crippen molar-refractivity contribution in [2.24, 2.45) is 0 Å². The van der Waals surface area contributed by atoms with E-state index in [1.165, 1.54) is 0 Å². The fraction of sp³-hybridized carbons (Fsp3) is 0.423. The molecule has 2 fully saturated rings. The van der Waals surface area contributed by atoms with Gasteiger partial charge in [0.25, 0.3) is 0 Å². The van der Waals surface area contributed by atoms with Gasteiger partial charge in [-0.25, -0.2) is 0 Å². The van der Waals surface area contributed by atoms with Crippen LogP contribution in [0.5, 0.6) is 5.75 Å². The average molecular weight is 480 g/mol. The summed E-state index contributed by atoms with van der Waals surface area (Å²) in [4.78, 5) is 44.4. The molecular formula is C26H33N5O4. The molecule has 2 heterocycles. The highest BCUT2D eigenvalue weighted by Gasteiger charge is 2.35. The van der Waals surface area contributed by atoms with Gasteiger partial charge >= 0.3 is 0 Å². The molecule has 0 unspecified atom stereocenters. The lowest BCUT2D eigenvalue weighted by molar-refractivity contribution is -0.145. The Balaban J connectivity index is 1.32. The summed E-state index contributed by atoms with van der Waals surface area (Å²) in [5.41, 5.74) is 2.81. The molecule has 35 heavy (non-hydrogen) atoms. The minimum Gasteiger partial charge on any atom is -0.497 e. The van der Waals surface area contributed by atoms with Crippen LogP contribution in [0.15, 0.2) is 48.5 Å². The van der Waals surface area contributed by atoms with E-state index in [0.29, 0.717) is 18.8 Å². The number of hydrogen-bond acceptors (Lipinski definition) is 6. The van der Waals surface area contributed by atoms with Crippen LogP contribution in [0.4, 0.5) is 11.4 Å². The second-order valence-electron chi connectivity index (χ2n) is 8.98. The van der Waals surface area contributed by atoms with Crippen LogP contribution < -0.4 is 20.3 Å². The van der Waals surface area contributed by atoms with Crippen molar-refractivity contribution in [1.82, 2.24) is 15.1 Å². The second kappa shape index (κ2) is 11.2. The number of ether oxygens (including phenoxy) is 1. The van der Waals surface area contributed by atoms with Gasteiger partial charge in [-0.15, -0.1) is 0 Å². The standard InChI is InChI=1S/C26H33N5O4/c1-19-5-3-6-20(15-19)28-24(32)17-23-26(34)27-9-10-31(23)25(33)18-29-11-13-30(14-12-29)21-7-4-8-22(16-21)35-2/h3-8,15-16,23H,9-14,17-18H2,1-2H3,(H,27,34)(H,28,32)/t23-/m0/s1. The lowest BCUT2D eigenvalue weighted by Gasteiger charge is -2.39. The van der Waals surface area contributed by atoms with Gasteiger partial charge in [0.15, 0.2) is 0 Å². The molecule has 3 amide bonds. The van der Waals surface area contributed by atoms with Crippen molar-refractivity contribution in [1.29, 1.82) is 0 Å². The van der Waals surface area contributed by atoms with Gasteiger partial charge in [0.2, 0.25) is 17.7 Å². The Morgan fingerprint density at radius 2 is 1.83 bits per heavy atom. The summed E-state index contributed by atoms with van der Waals surface area (Å²) < 4.78 is 5.32. The summed E-state index contributed by atoms with van der Waals surface area (Å²) in [6.07, 6.45) is -0.0743. The molecule has 0 radical (unpaired) electrons. The zero-order valence-corrected chi connectivity index (χ0v) is 20.3. The number of nitrogens with one attached hydrogen (secondary N) is 2. The lowest BCUT2D eigenvalue weighted by atomic mass is 10.1. The van der Waals surface area contributed by atoms with Crippen molar-refractivity contribution >= 4 is 29.1 Å². The van der Waals surface area contributed by atoms with Crippen LogP contribution in [0.25, 0.3) is 0 Å². The Hall–Kier alpha value is -3.59. The molecular weight excluding hydrogens is 446 g/mol. The number of nitrogens with zero attached hydrogens (tertiary/aromatic N) is 3. The van der Waals surface area contributed by atoms with Gasteiger partial charge in [-0.2, -0.15) is 0 Å². The number of methoxy groups -OCH3 is 1. The maximum atomic E-state index is 13.2. The predicted molar refractivity (Wildman–Crippen MR) is 135 cm³/mol. The monoisotopic (exact) mass is 479 g/mol. The van der Waals surface area contributed by atoms with Crippen molar-refractivity contribution in [3.63, 3.8) is 0 Å². The van der Waals surface area contributed by atoms with Crippen molar-refractivity contribution in [2.75, 3.05) is 63.1 Å². The largest absolute Gasteiger partial charge is 0.497 e. The minimum atomic E-state index is -0.806. The molecule has 4 rings (SSSR count). The Morgan fingerprint density at radius 3 is 2.57 bits per heavy atom. The molecule has 9 heteroatoms. The third-order valence-corrected chi connectivity index (χ3v) is 6.48. The molecule has 2 aliphatic heterocycles. The fourth-order valence-electron chi connectivity index (χ4n) is 4.58. The molecule has 2 aliphatic rings. The van der Waals surface area contributed by atoms with Gasteiger partial charge in [-0.05, 0) is 36.8 Å². The first-order valence-corrected chi connectivity index (χ1v) is 12.0. The highest BCUT2D eigenvalue weighted by molar-refractivity contribution is 5.97. The van der Waals surface area contributed by atoms with Crippen LogP contribution in [-0.2, 0) is 14.4 Å². The van der Waals surface area contributed by atoms with E-state index in [2.05, 4.69) is 26.5 Å². The van der Waals surface area contributed by atoms with Crippen LogP contribution in [0.1, 0.15) is 12.0 Å². The molecule has 0 bridgehead atoms. The summed E-state index contributed by atoms with van der Waals surface area (Å²) in [5.74, 6) is 0.123. The summed E-state index contributed by atoms with van der Waals surface area (Å²) in [7, 11) is 1.66. The lowest BCUT2D eigenvalue weighted by Crippen LogP contribution is -2.60. The summed E-state index contributed by atoms with van der Waals surface area (Å²) in [5, 5.41) is 5.63. The first kappa shape index (κ1) is 24.5. The predicted octanol–water partition coefficient (Wildman–Crippen LogP) is 1.48.